The number of amides is 2. The predicted molar refractivity (Wildman–Crippen MR) is 65.3 cm³/mol. The Morgan fingerprint density at radius 2 is 2.00 bits per heavy atom. The molecule has 1 unspecified atom stereocenters. The second-order valence-electron chi connectivity index (χ2n) is 4.73. The van der Waals surface area contributed by atoms with E-state index in [1.165, 1.54) is 29.2 Å². The number of halogens is 1. The summed E-state index contributed by atoms with van der Waals surface area (Å²) in [5.74, 6) is -1.28. The van der Waals surface area contributed by atoms with Gasteiger partial charge >= 0.3 is 0 Å². The summed E-state index contributed by atoms with van der Waals surface area (Å²) in [4.78, 5) is 25.2. The fourth-order valence-corrected chi connectivity index (χ4v) is 2.19. The van der Waals surface area contributed by atoms with Crippen LogP contribution in [0.25, 0.3) is 0 Å². The van der Waals surface area contributed by atoms with E-state index in [1.807, 2.05) is 0 Å². The van der Waals surface area contributed by atoms with Crippen LogP contribution in [0, 0.1) is 11.2 Å². The fourth-order valence-electron chi connectivity index (χ4n) is 2.19. The lowest BCUT2D eigenvalue weighted by Gasteiger charge is -2.37. The minimum Gasteiger partial charge on any atom is -0.369 e. The van der Waals surface area contributed by atoms with Crippen molar-refractivity contribution in [2.45, 2.75) is 19.8 Å². The third-order valence-corrected chi connectivity index (χ3v) is 3.46. The summed E-state index contributed by atoms with van der Waals surface area (Å²) in [7, 11) is 0. The molecule has 2 amide bonds. The molecule has 1 aliphatic heterocycles. The normalized spacial score (nSPS) is 24.1. The molecule has 96 valence electrons. The summed E-state index contributed by atoms with van der Waals surface area (Å²) in [6.07, 6.45) is 1.15. The maximum Gasteiger partial charge on any atom is 0.242 e. The maximum absolute atomic E-state index is 12.9. The zero-order chi connectivity index (χ0) is 13.3. The van der Waals surface area contributed by atoms with E-state index < -0.39 is 11.3 Å². The molecule has 1 fully saturated rings. The molecule has 0 aromatic heterocycles. The third kappa shape index (κ3) is 1.96. The smallest absolute Gasteiger partial charge is 0.242 e. The van der Waals surface area contributed by atoms with Crippen LogP contribution in [0.3, 0.4) is 0 Å². The first-order chi connectivity index (χ1) is 8.45. The van der Waals surface area contributed by atoms with Crippen LogP contribution >= 0.6 is 0 Å². The molecule has 4 nitrogen and oxygen atoms in total. The lowest BCUT2D eigenvalue weighted by molar-refractivity contribution is -0.140. The molecule has 0 aliphatic carbocycles. The molecule has 0 saturated carbocycles. The first-order valence-electron chi connectivity index (χ1n) is 5.82. The summed E-state index contributed by atoms with van der Waals surface area (Å²) < 4.78 is 12.9. The number of hydrogen-bond donors (Lipinski definition) is 1. The third-order valence-electron chi connectivity index (χ3n) is 3.46. The van der Waals surface area contributed by atoms with Crippen LogP contribution in [0.4, 0.5) is 10.1 Å². The molecule has 1 aromatic carbocycles. The maximum atomic E-state index is 12.9. The van der Waals surface area contributed by atoms with E-state index in [9.17, 15) is 14.0 Å². The summed E-state index contributed by atoms with van der Waals surface area (Å²) in [5, 5.41) is 0. The number of anilines is 1. The average molecular weight is 250 g/mol. The monoisotopic (exact) mass is 250 g/mol. The van der Waals surface area contributed by atoms with E-state index in [2.05, 4.69) is 0 Å². The quantitative estimate of drug-likeness (QED) is 0.807. The van der Waals surface area contributed by atoms with Crippen molar-refractivity contribution in [1.29, 1.82) is 0 Å². The molecule has 2 N–H and O–H groups in total. The van der Waals surface area contributed by atoms with Gasteiger partial charge in [0.1, 0.15) is 11.2 Å². The van der Waals surface area contributed by atoms with Crippen molar-refractivity contribution in [1.82, 2.24) is 0 Å². The predicted octanol–water partition coefficient (Wildman–Crippen LogP) is 1.44. The minimum absolute atomic E-state index is 0.312. The Kier molecular flexibility index (Phi) is 3.07. The second kappa shape index (κ2) is 4.40. The minimum atomic E-state index is -1.16. The van der Waals surface area contributed by atoms with Gasteiger partial charge in [0.2, 0.25) is 11.8 Å². The highest BCUT2D eigenvalue weighted by molar-refractivity contribution is 6.11. The Balaban J connectivity index is 2.32. The van der Waals surface area contributed by atoms with Gasteiger partial charge in [-0.15, -0.1) is 0 Å². The van der Waals surface area contributed by atoms with Crippen LogP contribution in [0.1, 0.15) is 19.8 Å². The number of benzene rings is 1. The van der Waals surface area contributed by atoms with Gasteiger partial charge in [0.25, 0.3) is 0 Å². The zero-order valence-corrected chi connectivity index (χ0v) is 10.1. The van der Waals surface area contributed by atoms with E-state index in [4.69, 9.17) is 5.73 Å². The standard InChI is InChI=1S/C13H15FN2O2/c1-13(11(15)17)7-2-8-16(12(13)18)10-5-3-9(14)4-6-10/h3-6H,2,7-8H2,1H3,(H2,15,17). The number of rotatable bonds is 2. The summed E-state index contributed by atoms with van der Waals surface area (Å²) in [5.41, 5.74) is 4.74. The lowest BCUT2D eigenvalue weighted by atomic mass is 9.80. The first kappa shape index (κ1) is 12.5. The molecule has 1 atom stereocenters. The molecule has 0 bridgehead atoms. The van der Waals surface area contributed by atoms with Gasteiger partial charge in [-0.2, -0.15) is 0 Å². The number of carbonyl (C=O) groups excluding carboxylic acids is 2. The Hall–Kier alpha value is -1.91. The van der Waals surface area contributed by atoms with Crippen LogP contribution in [0.15, 0.2) is 24.3 Å². The molecule has 1 heterocycles. The van der Waals surface area contributed by atoms with Gasteiger partial charge in [-0.1, -0.05) is 0 Å². The van der Waals surface area contributed by atoms with Gasteiger partial charge in [-0.05, 0) is 44.0 Å². The van der Waals surface area contributed by atoms with Crippen molar-refractivity contribution in [2.24, 2.45) is 11.1 Å². The van der Waals surface area contributed by atoms with Crippen LogP contribution in [0.2, 0.25) is 0 Å². The number of piperidine rings is 1. The van der Waals surface area contributed by atoms with E-state index >= 15 is 0 Å². The van der Waals surface area contributed by atoms with Crippen LogP contribution in [0.5, 0.6) is 0 Å². The Morgan fingerprint density at radius 1 is 1.39 bits per heavy atom. The molecule has 1 aromatic rings. The summed E-state index contributed by atoms with van der Waals surface area (Å²) >= 11 is 0. The van der Waals surface area contributed by atoms with E-state index in [1.54, 1.807) is 6.92 Å². The van der Waals surface area contributed by atoms with Crippen molar-refractivity contribution >= 4 is 17.5 Å². The molecule has 18 heavy (non-hydrogen) atoms. The molecule has 2 rings (SSSR count). The second-order valence-corrected chi connectivity index (χ2v) is 4.73. The van der Waals surface area contributed by atoms with E-state index in [0.29, 0.717) is 25.1 Å². The van der Waals surface area contributed by atoms with Gasteiger partial charge < -0.3 is 10.6 Å². The first-order valence-corrected chi connectivity index (χ1v) is 5.82. The Morgan fingerprint density at radius 3 is 2.56 bits per heavy atom. The number of nitrogens with zero attached hydrogens (tertiary/aromatic N) is 1. The van der Waals surface area contributed by atoms with Gasteiger partial charge in [0.05, 0.1) is 0 Å². The zero-order valence-electron chi connectivity index (χ0n) is 10.1. The van der Waals surface area contributed by atoms with Crippen molar-refractivity contribution in [3.05, 3.63) is 30.1 Å². The molecule has 0 radical (unpaired) electrons. The van der Waals surface area contributed by atoms with Crippen molar-refractivity contribution in [3.8, 4) is 0 Å². The number of hydrogen-bond acceptors (Lipinski definition) is 2. The molecule has 0 spiro atoms. The largest absolute Gasteiger partial charge is 0.369 e. The van der Waals surface area contributed by atoms with E-state index in [-0.39, 0.29) is 11.7 Å². The Bertz CT molecular complexity index is 486. The molecular formula is C13H15FN2O2. The lowest BCUT2D eigenvalue weighted by Crippen LogP contribution is -2.53. The van der Waals surface area contributed by atoms with Gasteiger partial charge in [0, 0.05) is 12.2 Å². The number of nitrogens with two attached hydrogens (primary N) is 1. The highest BCUT2D eigenvalue weighted by Gasteiger charge is 2.45. The van der Waals surface area contributed by atoms with Crippen molar-refractivity contribution < 1.29 is 14.0 Å². The highest BCUT2D eigenvalue weighted by Crippen LogP contribution is 2.33. The summed E-state index contributed by atoms with van der Waals surface area (Å²) in [6.45, 7) is 2.08. The SMILES string of the molecule is CC1(C(N)=O)CCCN(c2ccc(F)cc2)C1=O. The molecule has 1 saturated heterocycles. The number of carbonyl (C=O) groups is 2. The average Bonchev–Trinajstić information content (AvgIpc) is 2.34. The molecule has 1 aliphatic rings. The van der Waals surface area contributed by atoms with Crippen molar-refractivity contribution in [2.75, 3.05) is 11.4 Å². The molecular weight excluding hydrogens is 235 g/mol. The molecule has 5 heteroatoms. The van der Waals surface area contributed by atoms with Gasteiger partial charge in [0.15, 0.2) is 0 Å². The van der Waals surface area contributed by atoms with Crippen molar-refractivity contribution in [3.63, 3.8) is 0 Å². The van der Waals surface area contributed by atoms with Crippen LogP contribution in [-0.4, -0.2) is 18.4 Å². The topological polar surface area (TPSA) is 63.4 Å². The van der Waals surface area contributed by atoms with Crippen LogP contribution < -0.4 is 10.6 Å². The van der Waals surface area contributed by atoms with Gasteiger partial charge in [-0.25, -0.2) is 4.39 Å². The number of primary amides is 1. The summed E-state index contributed by atoms with van der Waals surface area (Å²) in [6, 6.07) is 5.64. The fraction of sp³-hybridized carbons (Fsp3) is 0.385. The highest BCUT2D eigenvalue weighted by atomic mass is 19.1. The van der Waals surface area contributed by atoms with Crippen LogP contribution in [-0.2, 0) is 9.59 Å². The Labute approximate surface area is 105 Å². The van der Waals surface area contributed by atoms with E-state index in [0.717, 1.165) is 0 Å². The van der Waals surface area contributed by atoms with Gasteiger partial charge in [-0.3, -0.25) is 9.59 Å².